The Morgan fingerprint density at radius 3 is 2.53 bits per heavy atom. The molecule has 1 aliphatic carbocycles. The number of carbonyl (C=O) groups excluding carboxylic acids is 1. The zero-order chi connectivity index (χ0) is 12.9. The van der Waals surface area contributed by atoms with E-state index in [1.165, 1.54) is 12.8 Å². The summed E-state index contributed by atoms with van der Waals surface area (Å²) in [7, 11) is 0. The molecule has 0 spiro atoms. The molecular formula is C14H28N2O. The first-order valence-corrected chi connectivity index (χ1v) is 6.98. The fourth-order valence-corrected chi connectivity index (χ4v) is 2.54. The van der Waals surface area contributed by atoms with Gasteiger partial charge in [0.05, 0.1) is 0 Å². The minimum Gasteiger partial charge on any atom is -0.353 e. The van der Waals surface area contributed by atoms with E-state index in [4.69, 9.17) is 5.73 Å². The van der Waals surface area contributed by atoms with Gasteiger partial charge < -0.3 is 11.1 Å². The van der Waals surface area contributed by atoms with Gasteiger partial charge in [-0.2, -0.15) is 0 Å². The quantitative estimate of drug-likeness (QED) is 0.776. The van der Waals surface area contributed by atoms with Crippen molar-refractivity contribution in [2.45, 2.75) is 77.8 Å². The van der Waals surface area contributed by atoms with Crippen LogP contribution in [0, 0.1) is 5.41 Å². The van der Waals surface area contributed by atoms with E-state index in [2.05, 4.69) is 26.1 Å². The molecule has 100 valence electrons. The Labute approximate surface area is 106 Å². The van der Waals surface area contributed by atoms with E-state index >= 15 is 0 Å². The number of carbonyl (C=O) groups is 1. The summed E-state index contributed by atoms with van der Waals surface area (Å²) >= 11 is 0. The highest BCUT2D eigenvalue weighted by Crippen LogP contribution is 2.34. The van der Waals surface area contributed by atoms with Crippen LogP contribution in [0.3, 0.4) is 0 Å². The van der Waals surface area contributed by atoms with Gasteiger partial charge in [0.2, 0.25) is 5.91 Å². The lowest BCUT2D eigenvalue weighted by atomic mass is 9.75. The fourth-order valence-electron chi connectivity index (χ4n) is 2.54. The van der Waals surface area contributed by atoms with Crippen LogP contribution in [0.2, 0.25) is 0 Å². The standard InChI is InChI=1S/C14H28N2O/c1-4-5-11(15)10-13(17)16-12-6-8-14(2,3)9-7-12/h11-12H,4-10,15H2,1-3H3,(H,16,17). The van der Waals surface area contributed by atoms with Gasteiger partial charge in [-0.1, -0.05) is 27.2 Å². The van der Waals surface area contributed by atoms with E-state index in [9.17, 15) is 4.79 Å². The van der Waals surface area contributed by atoms with Gasteiger partial charge in [0.25, 0.3) is 0 Å². The number of nitrogens with two attached hydrogens (primary N) is 1. The van der Waals surface area contributed by atoms with Crippen LogP contribution in [0.15, 0.2) is 0 Å². The van der Waals surface area contributed by atoms with Gasteiger partial charge >= 0.3 is 0 Å². The number of amides is 1. The topological polar surface area (TPSA) is 55.1 Å². The maximum absolute atomic E-state index is 11.8. The lowest BCUT2D eigenvalue weighted by Crippen LogP contribution is -2.41. The Kier molecular flexibility index (Phi) is 5.44. The van der Waals surface area contributed by atoms with Gasteiger partial charge in [-0.05, 0) is 37.5 Å². The molecule has 3 heteroatoms. The number of rotatable bonds is 5. The molecule has 0 heterocycles. The first-order valence-electron chi connectivity index (χ1n) is 6.98. The van der Waals surface area contributed by atoms with Gasteiger partial charge in [-0.25, -0.2) is 0 Å². The van der Waals surface area contributed by atoms with Crippen molar-refractivity contribution in [3.63, 3.8) is 0 Å². The molecule has 1 aliphatic rings. The number of hydrogen-bond acceptors (Lipinski definition) is 2. The minimum absolute atomic E-state index is 0.0278. The van der Waals surface area contributed by atoms with Gasteiger partial charge in [-0.15, -0.1) is 0 Å². The second-order valence-electron chi connectivity index (χ2n) is 6.26. The van der Waals surface area contributed by atoms with Crippen molar-refractivity contribution in [2.75, 3.05) is 0 Å². The zero-order valence-electron chi connectivity index (χ0n) is 11.6. The highest BCUT2D eigenvalue weighted by atomic mass is 16.1. The van der Waals surface area contributed by atoms with E-state index in [0.717, 1.165) is 25.7 Å². The summed E-state index contributed by atoms with van der Waals surface area (Å²) in [5.41, 5.74) is 6.33. The van der Waals surface area contributed by atoms with Gasteiger partial charge in [0.15, 0.2) is 0 Å². The van der Waals surface area contributed by atoms with E-state index in [1.54, 1.807) is 0 Å². The molecule has 17 heavy (non-hydrogen) atoms. The molecule has 3 N–H and O–H groups in total. The van der Waals surface area contributed by atoms with Crippen molar-refractivity contribution < 1.29 is 4.79 Å². The second kappa shape index (κ2) is 6.39. The summed E-state index contributed by atoms with van der Waals surface area (Å²) in [6.45, 7) is 6.71. The van der Waals surface area contributed by atoms with Crippen LogP contribution < -0.4 is 11.1 Å². The van der Waals surface area contributed by atoms with Crippen molar-refractivity contribution in [3.05, 3.63) is 0 Å². The lowest BCUT2D eigenvalue weighted by Gasteiger charge is -2.34. The summed E-state index contributed by atoms with van der Waals surface area (Å²) in [5, 5.41) is 3.13. The molecule has 0 aromatic rings. The maximum atomic E-state index is 11.8. The smallest absolute Gasteiger partial charge is 0.221 e. The third-order valence-corrected chi connectivity index (χ3v) is 3.81. The Hall–Kier alpha value is -0.570. The van der Waals surface area contributed by atoms with E-state index < -0.39 is 0 Å². The molecule has 1 fully saturated rings. The third kappa shape index (κ3) is 5.53. The Bertz CT molecular complexity index is 241. The summed E-state index contributed by atoms with van der Waals surface area (Å²) < 4.78 is 0. The first kappa shape index (κ1) is 14.5. The van der Waals surface area contributed by atoms with Crippen molar-refractivity contribution in [1.29, 1.82) is 0 Å². The monoisotopic (exact) mass is 240 g/mol. The highest BCUT2D eigenvalue weighted by Gasteiger charge is 2.27. The summed E-state index contributed by atoms with van der Waals surface area (Å²) in [4.78, 5) is 11.8. The van der Waals surface area contributed by atoms with Crippen LogP contribution in [0.4, 0.5) is 0 Å². The van der Waals surface area contributed by atoms with Gasteiger partial charge in [0, 0.05) is 18.5 Å². The summed E-state index contributed by atoms with van der Waals surface area (Å²) in [6, 6.07) is 0.407. The molecule has 0 aromatic carbocycles. The van der Waals surface area contributed by atoms with Gasteiger partial charge in [-0.3, -0.25) is 4.79 Å². The molecule has 1 amide bonds. The Balaban J connectivity index is 2.23. The van der Waals surface area contributed by atoms with Crippen LogP contribution in [-0.2, 0) is 4.79 Å². The van der Waals surface area contributed by atoms with Crippen molar-refractivity contribution in [1.82, 2.24) is 5.32 Å². The lowest BCUT2D eigenvalue weighted by molar-refractivity contribution is -0.122. The fraction of sp³-hybridized carbons (Fsp3) is 0.929. The predicted molar refractivity (Wildman–Crippen MR) is 71.7 cm³/mol. The van der Waals surface area contributed by atoms with Crippen molar-refractivity contribution >= 4 is 5.91 Å². The maximum Gasteiger partial charge on any atom is 0.221 e. The molecule has 0 aromatic heterocycles. The second-order valence-corrected chi connectivity index (χ2v) is 6.26. The van der Waals surface area contributed by atoms with Crippen molar-refractivity contribution in [3.8, 4) is 0 Å². The highest BCUT2D eigenvalue weighted by molar-refractivity contribution is 5.76. The van der Waals surface area contributed by atoms with E-state index in [0.29, 0.717) is 17.9 Å². The van der Waals surface area contributed by atoms with Crippen LogP contribution in [-0.4, -0.2) is 18.0 Å². The van der Waals surface area contributed by atoms with Crippen LogP contribution >= 0.6 is 0 Å². The SMILES string of the molecule is CCCC(N)CC(=O)NC1CCC(C)(C)CC1. The molecular weight excluding hydrogens is 212 g/mol. The molecule has 0 bridgehead atoms. The Morgan fingerprint density at radius 2 is 2.00 bits per heavy atom. The van der Waals surface area contributed by atoms with Gasteiger partial charge in [0.1, 0.15) is 0 Å². The largest absolute Gasteiger partial charge is 0.353 e. The normalized spacial score (nSPS) is 22.1. The molecule has 1 unspecified atom stereocenters. The van der Waals surface area contributed by atoms with Crippen LogP contribution in [0.5, 0.6) is 0 Å². The first-order chi connectivity index (χ1) is 7.93. The summed E-state index contributed by atoms with van der Waals surface area (Å²) in [6.07, 6.45) is 7.10. The molecule has 1 rings (SSSR count). The molecule has 0 saturated heterocycles. The number of hydrogen-bond donors (Lipinski definition) is 2. The molecule has 0 radical (unpaired) electrons. The Morgan fingerprint density at radius 1 is 1.41 bits per heavy atom. The van der Waals surface area contributed by atoms with E-state index in [1.807, 2.05) is 0 Å². The average molecular weight is 240 g/mol. The molecule has 0 aliphatic heterocycles. The van der Waals surface area contributed by atoms with Crippen LogP contribution in [0.1, 0.15) is 65.7 Å². The predicted octanol–water partition coefficient (Wildman–Crippen LogP) is 2.59. The third-order valence-electron chi connectivity index (χ3n) is 3.81. The molecule has 3 nitrogen and oxygen atoms in total. The van der Waals surface area contributed by atoms with E-state index in [-0.39, 0.29) is 11.9 Å². The molecule has 1 saturated carbocycles. The molecule has 1 atom stereocenters. The average Bonchev–Trinajstić information content (AvgIpc) is 2.21. The minimum atomic E-state index is 0.0278. The zero-order valence-corrected chi connectivity index (χ0v) is 11.6. The summed E-state index contributed by atoms with van der Waals surface area (Å²) in [5.74, 6) is 0.135. The van der Waals surface area contributed by atoms with Crippen LogP contribution in [0.25, 0.3) is 0 Å². The number of nitrogens with one attached hydrogen (secondary N) is 1. The van der Waals surface area contributed by atoms with Crippen molar-refractivity contribution in [2.24, 2.45) is 11.1 Å².